The second-order valence-corrected chi connectivity index (χ2v) is 2.69. The maximum Gasteiger partial charge on any atom is 0.0150 e. The van der Waals surface area contributed by atoms with Gasteiger partial charge in [-0.1, -0.05) is 20.8 Å². The van der Waals surface area contributed by atoms with Crippen LogP contribution in [0.1, 0.15) is 33.6 Å². The molecule has 0 heterocycles. The number of hydrogen-bond acceptors (Lipinski definition) is 1. The molecule has 0 aliphatic heterocycles. The Morgan fingerprint density at radius 2 is 2.00 bits per heavy atom. The number of hydrogen-bond donors (Lipinski definition) is 1. The summed E-state index contributed by atoms with van der Waals surface area (Å²) in [6, 6.07) is 0. The molecule has 0 fully saturated rings. The van der Waals surface area contributed by atoms with Crippen molar-refractivity contribution in [3.63, 3.8) is 0 Å². The Balaban J connectivity index is 3.62. The van der Waals surface area contributed by atoms with E-state index in [9.17, 15) is 0 Å². The molecule has 55 valence electrons. The van der Waals surface area contributed by atoms with Gasteiger partial charge in [-0.25, -0.2) is 0 Å². The van der Waals surface area contributed by atoms with Crippen LogP contribution in [-0.4, -0.2) is 12.1 Å². The van der Waals surface area contributed by atoms with Crippen molar-refractivity contribution in [3.05, 3.63) is 6.92 Å². The lowest BCUT2D eigenvalue weighted by atomic mass is 9.96. The predicted octanol–water partition coefficient (Wildman–Crippen LogP) is 1.99. The van der Waals surface area contributed by atoms with Crippen LogP contribution < -0.4 is 5.32 Å². The molecule has 1 unspecified atom stereocenters. The van der Waals surface area contributed by atoms with Gasteiger partial charge in [-0.15, -0.1) is 0 Å². The van der Waals surface area contributed by atoms with Crippen molar-refractivity contribution in [1.29, 1.82) is 0 Å². The molecule has 0 rings (SSSR count). The SMILES string of the molecule is [CH2]CC(C)(CC)NCC. The summed E-state index contributed by atoms with van der Waals surface area (Å²) in [4.78, 5) is 0. The molecule has 9 heavy (non-hydrogen) atoms. The highest BCUT2D eigenvalue weighted by atomic mass is 14.9. The molecule has 0 amide bonds. The molecule has 0 aliphatic rings. The van der Waals surface area contributed by atoms with Gasteiger partial charge >= 0.3 is 0 Å². The van der Waals surface area contributed by atoms with E-state index in [4.69, 9.17) is 0 Å². The molecule has 1 heteroatoms. The fourth-order valence-corrected chi connectivity index (χ4v) is 0.817. The second kappa shape index (κ2) is 3.89. The molecule has 0 aliphatic carbocycles. The van der Waals surface area contributed by atoms with Crippen molar-refractivity contribution in [2.45, 2.75) is 39.2 Å². The van der Waals surface area contributed by atoms with Gasteiger partial charge in [-0.3, -0.25) is 0 Å². The molecule has 1 nitrogen and oxygen atoms in total. The van der Waals surface area contributed by atoms with Crippen molar-refractivity contribution in [2.24, 2.45) is 0 Å². The molecule has 0 aromatic carbocycles. The highest BCUT2D eigenvalue weighted by molar-refractivity contribution is 4.81. The van der Waals surface area contributed by atoms with Crippen molar-refractivity contribution in [3.8, 4) is 0 Å². The van der Waals surface area contributed by atoms with Gasteiger partial charge in [0.15, 0.2) is 0 Å². The molecule has 0 spiro atoms. The molecular formula is C8H18N. The van der Waals surface area contributed by atoms with E-state index in [1.807, 2.05) is 0 Å². The zero-order valence-electron chi connectivity index (χ0n) is 6.83. The second-order valence-electron chi connectivity index (χ2n) is 2.69. The summed E-state index contributed by atoms with van der Waals surface area (Å²) in [5.74, 6) is 0. The Kier molecular flexibility index (Phi) is 3.87. The predicted molar refractivity (Wildman–Crippen MR) is 42.3 cm³/mol. The quantitative estimate of drug-likeness (QED) is 0.610. The lowest BCUT2D eigenvalue weighted by Gasteiger charge is -2.27. The summed E-state index contributed by atoms with van der Waals surface area (Å²) in [7, 11) is 0. The Hall–Kier alpha value is -0.0400. The zero-order valence-corrected chi connectivity index (χ0v) is 6.83. The fraction of sp³-hybridized carbons (Fsp3) is 0.875. The van der Waals surface area contributed by atoms with Gasteiger partial charge in [0, 0.05) is 5.54 Å². The lowest BCUT2D eigenvalue weighted by Crippen LogP contribution is -2.40. The van der Waals surface area contributed by atoms with Crippen LogP contribution in [0.2, 0.25) is 0 Å². The van der Waals surface area contributed by atoms with E-state index in [-0.39, 0.29) is 5.54 Å². The van der Waals surface area contributed by atoms with E-state index in [0.29, 0.717) is 0 Å². The summed E-state index contributed by atoms with van der Waals surface area (Å²) in [5, 5.41) is 3.40. The first-order chi connectivity index (χ1) is 4.18. The summed E-state index contributed by atoms with van der Waals surface area (Å²) in [5.41, 5.74) is 0.273. The summed E-state index contributed by atoms with van der Waals surface area (Å²) < 4.78 is 0. The Morgan fingerprint density at radius 3 is 2.11 bits per heavy atom. The average Bonchev–Trinajstić information content (AvgIpc) is 1.89. The highest BCUT2D eigenvalue weighted by Crippen LogP contribution is 2.11. The van der Waals surface area contributed by atoms with Gasteiger partial charge in [0.25, 0.3) is 0 Å². The van der Waals surface area contributed by atoms with Crippen LogP contribution in [0, 0.1) is 6.92 Å². The summed E-state index contributed by atoms with van der Waals surface area (Å²) in [6.07, 6.45) is 2.13. The van der Waals surface area contributed by atoms with Crippen LogP contribution in [-0.2, 0) is 0 Å². The fourth-order valence-electron chi connectivity index (χ4n) is 0.817. The van der Waals surface area contributed by atoms with E-state index in [1.54, 1.807) is 0 Å². The van der Waals surface area contributed by atoms with Crippen LogP contribution in [0.25, 0.3) is 0 Å². The monoisotopic (exact) mass is 128 g/mol. The van der Waals surface area contributed by atoms with Crippen LogP contribution in [0.5, 0.6) is 0 Å². The Labute approximate surface area is 58.8 Å². The molecule has 1 atom stereocenters. The van der Waals surface area contributed by atoms with E-state index in [2.05, 4.69) is 33.0 Å². The van der Waals surface area contributed by atoms with E-state index >= 15 is 0 Å². The minimum absolute atomic E-state index is 0.273. The Morgan fingerprint density at radius 1 is 1.44 bits per heavy atom. The topological polar surface area (TPSA) is 12.0 Å². The van der Waals surface area contributed by atoms with Crippen molar-refractivity contribution in [1.82, 2.24) is 5.32 Å². The first-order valence-corrected chi connectivity index (χ1v) is 3.72. The van der Waals surface area contributed by atoms with Gasteiger partial charge in [0.05, 0.1) is 0 Å². The first kappa shape index (κ1) is 8.96. The van der Waals surface area contributed by atoms with E-state index in [0.717, 1.165) is 19.4 Å². The van der Waals surface area contributed by atoms with Gasteiger partial charge < -0.3 is 5.32 Å². The molecule has 0 saturated heterocycles. The van der Waals surface area contributed by atoms with Gasteiger partial charge in [-0.05, 0) is 26.3 Å². The minimum atomic E-state index is 0.273. The maximum atomic E-state index is 3.88. The lowest BCUT2D eigenvalue weighted by molar-refractivity contribution is 0.354. The van der Waals surface area contributed by atoms with E-state index < -0.39 is 0 Å². The van der Waals surface area contributed by atoms with Crippen LogP contribution in [0.15, 0.2) is 0 Å². The summed E-state index contributed by atoms with van der Waals surface area (Å²) >= 11 is 0. The Bertz CT molecular complexity index is 65.0. The average molecular weight is 128 g/mol. The molecule has 0 aromatic rings. The standard InChI is InChI=1S/C8H18N/c1-5-8(4,6-2)9-7-3/h9H,1,5-7H2,2-4H3. The van der Waals surface area contributed by atoms with Gasteiger partial charge in [0.2, 0.25) is 0 Å². The molecule has 1 N–H and O–H groups in total. The third kappa shape index (κ3) is 2.85. The van der Waals surface area contributed by atoms with Crippen molar-refractivity contribution in [2.75, 3.05) is 6.54 Å². The first-order valence-electron chi connectivity index (χ1n) is 3.72. The van der Waals surface area contributed by atoms with Gasteiger partial charge in [-0.2, -0.15) is 0 Å². The third-order valence-corrected chi connectivity index (χ3v) is 1.94. The largest absolute Gasteiger partial charge is 0.312 e. The molecule has 0 aromatic heterocycles. The van der Waals surface area contributed by atoms with Crippen LogP contribution in [0.3, 0.4) is 0 Å². The van der Waals surface area contributed by atoms with Crippen LogP contribution >= 0.6 is 0 Å². The maximum absolute atomic E-state index is 3.88. The molecule has 1 radical (unpaired) electrons. The normalized spacial score (nSPS) is 12.0. The minimum Gasteiger partial charge on any atom is -0.312 e. The van der Waals surface area contributed by atoms with Crippen LogP contribution in [0.4, 0.5) is 0 Å². The smallest absolute Gasteiger partial charge is 0.0150 e. The summed E-state index contributed by atoms with van der Waals surface area (Å²) in [6.45, 7) is 11.5. The highest BCUT2D eigenvalue weighted by Gasteiger charge is 2.16. The number of rotatable bonds is 4. The molecule has 0 saturated carbocycles. The van der Waals surface area contributed by atoms with E-state index in [1.165, 1.54) is 0 Å². The van der Waals surface area contributed by atoms with Crippen molar-refractivity contribution >= 4 is 0 Å². The molecular weight excluding hydrogens is 110 g/mol. The third-order valence-electron chi connectivity index (χ3n) is 1.94. The number of nitrogens with one attached hydrogen (secondary N) is 1. The van der Waals surface area contributed by atoms with Crippen molar-refractivity contribution < 1.29 is 0 Å². The molecule has 0 bridgehead atoms. The van der Waals surface area contributed by atoms with Gasteiger partial charge in [0.1, 0.15) is 0 Å². The zero-order chi connectivity index (χ0) is 7.33.